The van der Waals surface area contributed by atoms with Crippen LogP contribution in [0.25, 0.3) is 22.3 Å². The first-order valence-corrected chi connectivity index (χ1v) is 14.6. The Balaban J connectivity index is 1.42. The molecular formula is C28H30FN7O5S. The molecule has 1 aliphatic rings. The van der Waals surface area contributed by atoms with Crippen LogP contribution in [0.4, 0.5) is 20.7 Å². The molecule has 0 spiro atoms. The van der Waals surface area contributed by atoms with Crippen molar-refractivity contribution in [1.29, 1.82) is 0 Å². The quantitative estimate of drug-likeness (QED) is 0.347. The molecule has 42 heavy (non-hydrogen) atoms. The van der Waals surface area contributed by atoms with E-state index in [-0.39, 0.29) is 22.6 Å². The van der Waals surface area contributed by atoms with E-state index in [9.17, 15) is 17.6 Å². The maximum absolute atomic E-state index is 13.3. The molecule has 0 unspecified atom stereocenters. The van der Waals surface area contributed by atoms with Crippen LogP contribution in [-0.2, 0) is 14.8 Å². The molecule has 0 bridgehead atoms. The maximum Gasteiger partial charge on any atom is 0.410 e. The Kier molecular flexibility index (Phi) is 7.82. The molecule has 0 radical (unpaired) electrons. The molecule has 1 fully saturated rings. The summed E-state index contributed by atoms with van der Waals surface area (Å²) in [5.74, 6) is 0.118. The number of fused-ring (bicyclic) bond motifs is 1. The van der Waals surface area contributed by atoms with Gasteiger partial charge in [-0.2, -0.15) is 0 Å². The first kappa shape index (κ1) is 28.9. The van der Waals surface area contributed by atoms with Crippen molar-refractivity contribution in [2.24, 2.45) is 0 Å². The average molecular weight is 596 g/mol. The van der Waals surface area contributed by atoms with E-state index in [0.717, 1.165) is 12.1 Å². The lowest BCUT2D eigenvalue weighted by Gasteiger charge is -2.36. The summed E-state index contributed by atoms with van der Waals surface area (Å²) < 4.78 is 52.5. The van der Waals surface area contributed by atoms with Gasteiger partial charge in [-0.3, -0.25) is 4.72 Å². The van der Waals surface area contributed by atoms with Crippen LogP contribution < -0.4 is 14.4 Å². The summed E-state index contributed by atoms with van der Waals surface area (Å²) in [4.78, 5) is 34.0. The van der Waals surface area contributed by atoms with E-state index in [4.69, 9.17) is 14.5 Å². The van der Waals surface area contributed by atoms with Crippen molar-refractivity contribution >= 4 is 38.7 Å². The fourth-order valence-electron chi connectivity index (χ4n) is 4.39. The summed E-state index contributed by atoms with van der Waals surface area (Å²) in [5, 5.41) is 0. The summed E-state index contributed by atoms with van der Waals surface area (Å²) in [7, 11) is -2.69. The van der Waals surface area contributed by atoms with E-state index in [1.807, 2.05) is 25.7 Å². The molecule has 220 valence electrons. The number of halogens is 1. The molecular weight excluding hydrogens is 565 g/mol. The van der Waals surface area contributed by atoms with Gasteiger partial charge in [0.15, 0.2) is 5.82 Å². The van der Waals surface area contributed by atoms with Crippen molar-refractivity contribution in [1.82, 2.24) is 24.8 Å². The SMILES string of the molecule is COc1ncc(-c2ccc3ncnc(N4CCN(C(=O)OC(C)(C)C)CC4)c3n2)cc1NS(=O)(=O)c1ccc(F)cc1. The number of benzene rings is 1. The second-order valence-electron chi connectivity index (χ2n) is 10.6. The highest BCUT2D eigenvalue weighted by Gasteiger charge is 2.27. The third kappa shape index (κ3) is 6.33. The summed E-state index contributed by atoms with van der Waals surface area (Å²) in [6.45, 7) is 7.46. The molecule has 0 saturated carbocycles. The van der Waals surface area contributed by atoms with Crippen molar-refractivity contribution in [3.05, 3.63) is 60.8 Å². The lowest BCUT2D eigenvalue weighted by molar-refractivity contribution is 0.0240. The molecule has 1 aromatic carbocycles. The molecule has 0 atom stereocenters. The van der Waals surface area contributed by atoms with Gasteiger partial charge in [0.05, 0.1) is 23.2 Å². The van der Waals surface area contributed by atoms with E-state index in [0.29, 0.717) is 54.3 Å². The zero-order chi connectivity index (χ0) is 30.1. The van der Waals surface area contributed by atoms with Gasteiger partial charge in [0.25, 0.3) is 10.0 Å². The lowest BCUT2D eigenvalue weighted by atomic mass is 10.1. The van der Waals surface area contributed by atoms with Crippen LogP contribution in [-0.4, -0.2) is 78.2 Å². The number of carbonyl (C=O) groups is 1. The minimum absolute atomic E-state index is 0.0529. The smallest absolute Gasteiger partial charge is 0.410 e. The average Bonchev–Trinajstić information content (AvgIpc) is 2.96. The molecule has 1 saturated heterocycles. The number of nitrogens with zero attached hydrogens (tertiary/aromatic N) is 6. The minimum Gasteiger partial charge on any atom is -0.480 e. The van der Waals surface area contributed by atoms with E-state index in [1.165, 1.54) is 31.8 Å². The number of nitrogens with one attached hydrogen (secondary N) is 1. The number of rotatable bonds is 6. The first-order chi connectivity index (χ1) is 19.9. The van der Waals surface area contributed by atoms with Gasteiger partial charge in [0, 0.05) is 37.9 Å². The molecule has 5 rings (SSSR count). The number of hydrogen-bond donors (Lipinski definition) is 1. The number of piperazine rings is 1. The highest BCUT2D eigenvalue weighted by molar-refractivity contribution is 7.92. The van der Waals surface area contributed by atoms with Gasteiger partial charge in [-0.1, -0.05) is 0 Å². The molecule has 3 aromatic heterocycles. The van der Waals surface area contributed by atoms with E-state index in [2.05, 4.69) is 19.7 Å². The lowest BCUT2D eigenvalue weighted by Crippen LogP contribution is -2.50. The highest BCUT2D eigenvalue weighted by atomic mass is 32.2. The molecule has 1 N–H and O–H groups in total. The van der Waals surface area contributed by atoms with Gasteiger partial charge >= 0.3 is 6.09 Å². The Hall–Kier alpha value is -4.59. The standard InChI is InChI=1S/C28H30FN7O5S/c1-28(2,3)41-27(37)36-13-11-35(12-14-36)25-24-22(31-17-32-25)10-9-21(33-24)18-15-23(26(40-4)30-16-18)34-42(38,39)20-7-5-19(29)6-8-20/h5-10,15-17,34H,11-14H2,1-4H3. The van der Waals surface area contributed by atoms with Crippen LogP contribution in [0.1, 0.15) is 20.8 Å². The number of hydrogen-bond acceptors (Lipinski definition) is 10. The molecule has 1 aliphatic heterocycles. The van der Waals surface area contributed by atoms with Gasteiger partial charge in [-0.25, -0.2) is 37.5 Å². The van der Waals surface area contributed by atoms with Crippen molar-refractivity contribution in [3.8, 4) is 17.1 Å². The molecule has 14 heteroatoms. The number of methoxy groups -OCH3 is 1. The monoisotopic (exact) mass is 595 g/mol. The Morgan fingerprint density at radius 2 is 1.71 bits per heavy atom. The minimum atomic E-state index is -4.06. The van der Waals surface area contributed by atoms with Crippen molar-refractivity contribution in [2.45, 2.75) is 31.3 Å². The Morgan fingerprint density at radius 3 is 2.38 bits per heavy atom. The van der Waals surface area contributed by atoms with Gasteiger partial charge in [-0.05, 0) is 63.2 Å². The van der Waals surface area contributed by atoms with Gasteiger partial charge < -0.3 is 19.3 Å². The molecule has 12 nitrogen and oxygen atoms in total. The fraction of sp³-hybridized carbons (Fsp3) is 0.321. The normalized spacial score (nSPS) is 14.1. The second kappa shape index (κ2) is 11.4. The topological polar surface area (TPSA) is 140 Å². The Bertz CT molecular complexity index is 1720. The number of pyridine rings is 2. The van der Waals surface area contributed by atoms with Crippen LogP contribution in [0.3, 0.4) is 0 Å². The number of carbonyl (C=O) groups excluding carboxylic acids is 1. The summed E-state index contributed by atoms with van der Waals surface area (Å²) in [6, 6.07) is 9.58. The van der Waals surface area contributed by atoms with Gasteiger partial charge in [0.2, 0.25) is 5.88 Å². The van der Waals surface area contributed by atoms with Crippen LogP contribution >= 0.6 is 0 Å². The fourth-order valence-corrected chi connectivity index (χ4v) is 5.44. The highest BCUT2D eigenvalue weighted by Crippen LogP contribution is 2.31. The number of anilines is 2. The van der Waals surface area contributed by atoms with Crippen molar-refractivity contribution < 1.29 is 27.1 Å². The van der Waals surface area contributed by atoms with Crippen LogP contribution in [0.2, 0.25) is 0 Å². The number of ether oxygens (including phenoxy) is 2. The van der Waals surface area contributed by atoms with Gasteiger partial charge in [0.1, 0.15) is 28.9 Å². The van der Waals surface area contributed by atoms with E-state index >= 15 is 0 Å². The number of aromatic nitrogens is 4. The number of amides is 1. The van der Waals surface area contributed by atoms with E-state index < -0.39 is 21.4 Å². The summed E-state index contributed by atoms with van der Waals surface area (Å²) in [5.41, 5.74) is 1.70. The second-order valence-corrected chi connectivity index (χ2v) is 12.2. The van der Waals surface area contributed by atoms with Crippen molar-refractivity contribution in [3.63, 3.8) is 0 Å². The maximum atomic E-state index is 13.3. The van der Waals surface area contributed by atoms with Gasteiger partial charge in [-0.15, -0.1) is 0 Å². The molecule has 4 aromatic rings. The zero-order valence-electron chi connectivity index (χ0n) is 23.5. The van der Waals surface area contributed by atoms with Crippen LogP contribution in [0, 0.1) is 5.82 Å². The Morgan fingerprint density at radius 1 is 1.00 bits per heavy atom. The number of sulfonamides is 1. The molecule has 1 amide bonds. The predicted octanol–water partition coefficient (Wildman–Crippen LogP) is 4.09. The zero-order valence-corrected chi connectivity index (χ0v) is 24.4. The predicted molar refractivity (Wildman–Crippen MR) is 154 cm³/mol. The third-order valence-electron chi connectivity index (χ3n) is 6.40. The molecule has 4 heterocycles. The van der Waals surface area contributed by atoms with Crippen molar-refractivity contribution in [2.75, 3.05) is 42.9 Å². The summed E-state index contributed by atoms with van der Waals surface area (Å²) >= 11 is 0. The van der Waals surface area contributed by atoms with E-state index in [1.54, 1.807) is 23.1 Å². The summed E-state index contributed by atoms with van der Waals surface area (Å²) in [6.07, 6.45) is 2.63. The first-order valence-electron chi connectivity index (χ1n) is 13.1. The van der Waals surface area contributed by atoms with Crippen LogP contribution in [0.5, 0.6) is 5.88 Å². The molecule has 0 aliphatic carbocycles. The third-order valence-corrected chi connectivity index (χ3v) is 7.78. The Labute approximate surface area is 242 Å². The van der Waals surface area contributed by atoms with Crippen LogP contribution in [0.15, 0.2) is 59.9 Å². The largest absolute Gasteiger partial charge is 0.480 e.